The molecule has 1 fully saturated rings. The highest BCUT2D eigenvalue weighted by atomic mass is 32.2. The lowest BCUT2D eigenvalue weighted by Gasteiger charge is -2.34. The van der Waals surface area contributed by atoms with E-state index in [0.29, 0.717) is 50.2 Å². The Morgan fingerprint density at radius 1 is 0.900 bits per heavy atom. The van der Waals surface area contributed by atoms with Crippen LogP contribution < -0.4 is 14.2 Å². The Morgan fingerprint density at radius 3 is 2.28 bits per heavy atom. The molecule has 262 valence electrons. The average molecular weight is 716 g/mol. The number of hydrogen-bond acceptors (Lipinski definition) is 7. The van der Waals surface area contributed by atoms with E-state index in [1.54, 1.807) is 52.9 Å². The second-order valence-electron chi connectivity index (χ2n) is 11.6. The van der Waals surface area contributed by atoms with Crippen molar-refractivity contribution in [2.75, 3.05) is 37.5 Å². The van der Waals surface area contributed by atoms with Crippen molar-refractivity contribution in [1.82, 2.24) is 19.4 Å². The minimum absolute atomic E-state index is 0.0371. The molecule has 3 aromatic carbocycles. The van der Waals surface area contributed by atoms with Crippen LogP contribution in [0, 0.1) is 11.6 Å². The number of nitrogens with one attached hydrogen (secondary N) is 1. The smallest absolute Gasteiger partial charge is 0.422 e. The SMILES string of the molecule is Cn1c(C(=O)N2CCN(Cc3ccc(OCC(F)(F)F)cc3)CC2)cc2ccc(Oc3ccc(NS(=O)(=O)c4ccc(F)cc4F)cn3)cc21. The largest absolute Gasteiger partial charge is 0.484 e. The number of rotatable bonds is 10. The predicted octanol–water partition coefficient (Wildman–Crippen LogP) is 6.34. The number of fused-ring (bicyclic) bond motifs is 1. The monoisotopic (exact) mass is 715 g/mol. The molecule has 1 aliphatic rings. The molecule has 0 atom stereocenters. The molecule has 0 bridgehead atoms. The number of pyridine rings is 1. The molecular weight excluding hydrogens is 685 g/mol. The van der Waals surface area contributed by atoms with Gasteiger partial charge in [-0.05, 0) is 54.1 Å². The van der Waals surface area contributed by atoms with Crippen LogP contribution >= 0.6 is 0 Å². The van der Waals surface area contributed by atoms with Crippen molar-refractivity contribution >= 4 is 32.5 Å². The zero-order valence-electron chi connectivity index (χ0n) is 26.5. The highest BCUT2D eigenvalue weighted by molar-refractivity contribution is 7.92. The van der Waals surface area contributed by atoms with Crippen LogP contribution in [0.15, 0.2) is 90.0 Å². The first-order valence-corrected chi connectivity index (χ1v) is 16.7. The minimum Gasteiger partial charge on any atom is -0.484 e. The summed E-state index contributed by atoms with van der Waals surface area (Å²) in [4.78, 5) is 20.9. The highest BCUT2D eigenvalue weighted by Gasteiger charge is 2.29. The van der Waals surface area contributed by atoms with E-state index in [9.17, 15) is 35.2 Å². The Hall–Kier alpha value is -5.22. The van der Waals surface area contributed by atoms with Crippen LogP contribution in [0.1, 0.15) is 16.1 Å². The summed E-state index contributed by atoms with van der Waals surface area (Å²) in [6.45, 7) is 1.48. The van der Waals surface area contributed by atoms with Gasteiger partial charge in [0, 0.05) is 63.4 Å². The molecule has 50 heavy (non-hydrogen) atoms. The second kappa shape index (κ2) is 14.0. The fraction of sp³-hybridized carbons (Fsp3) is 0.235. The van der Waals surface area contributed by atoms with E-state index in [0.717, 1.165) is 28.6 Å². The van der Waals surface area contributed by atoms with Crippen molar-refractivity contribution in [3.8, 4) is 17.4 Å². The maximum Gasteiger partial charge on any atom is 0.422 e. The fourth-order valence-electron chi connectivity index (χ4n) is 5.49. The van der Waals surface area contributed by atoms with E-state index in [2.05, 4.69) is 14.6 Å². The summed E-state index contributed by atoms with van der Waals surface area (Å²) in [7, 11) is -2.56. The third-order valence-electron chi connectivity index (χ3n) is 8.02. The van der Waals surface area contributed by atoms with E-state index >= 15 is 0 Å². The topological polar surface area (TPSA) is 106 Å². The van der Waals surface area contributed by atoms with E-state index in [-0.39, 0.29) is 23.2 Å². The van der Waals surface area contributed by atoms with Gasteiger partial charge in [0.05, 0.1) is 17.4 Å². The van der Waals surface area contributed by atoms with Gasteiger partial charge < -0.3 is 18.9 Å². The number of nitrogens with zero attached hydrogens (tertiary/aromatic N) is 4. The number of hydrogen-bond donors (Lipinski definition) is 1. The predicted molar refractivity (Wildman–Crippen MR) is 174 cm³/mol. The molecule has 1 aliphatic heterocycles. The van der Waals surface area contributed by atoms with Gasteiger partial charge in [0.15, 0.2) is 6.61 Å². The lowest BCUT2D eigenvalue weighted by atomic mass is 10.2. The van der Waals surface area contributed by atoms with Crippen molar-refractivity contribution in [2.24, 2.45) is 7.05 Å². The van der Waals surface area contributed by atoms with Gasteiger partial charge in [-0.3, -0.25) is 14.4 Å². The Balaban J connectivity index is 1.04. The molecular formula is C34H30F5N5O5S. The molecule has 10 nitrogen and oxygen atoms in total. The van der Waals surface area contributed by atoms with Crippen molar-refractivity contribution in [3.05, 3.63) is 108 Å². The quantitative estimate of drug-likeness (QED) is 0.168. The molecule has 2 aromatic heterocycles. The van der Waals surface area contributed by atoms with Gasteiger partial charge in [-0.25, -0.2) is 22.2 Å². The number of aryl methyl sites for hydroxylation is 1. The van der Waals surface area contributed by atoms with Gasteiger partial charge in [-0.2, -0.15) is 13.2 Å². The number of benzene rings is 3. The number of carbonyl (C=O) groups excluding carboxylic acids is 1. The van der Waals surface area contributed by atoms with Crippen molar-refractivity contribution < 1.29 is 44.6 Å². The molecule has 3 heterocycles. The van der Waals surface area contributed by atoms with Gasteiger partial charge in [-0.15, -0.1) is 0 Å². The first-order valence-electron chi connectivity index (χ1n) is 15.3. The molecule has 16 heteroatoms. The Bertz CT molecular complexity index is 2120. The van der Waals surface area contributed by atoms with Crippen LogP contribution in [0.25, 0.3) is 10.9 Å². The lowest BCUT2D eigenvalue weighted by Crippen LogP contribution is -2.48. The Morgan fingerprint density at radius 2 is 1.62 bits per heavy atom. The van der Waals surface area contributed by atoms with Gasteiger partial charge in [0.2, 0.25) is 5.88 Å². The number of aromatic nitrogens is 2. The summed E-state index contributed by atoms with van der Waals surface area (Å²) < 4.78 is 104. The molecule has 6 rings (SSSR count). The van der Waals surface area contributed by atoms with E-state index in [4.69, 9.17) is 9.47 Å². The van der Waals surface area contributed by atoms with Crippen LogP contribution in [0.3, 0.4) is 0 Å². The zero-order chi connectivity index (χ0) is 35.6. The van der Waals surface area contributed by atoms with Gasteiger partial charge >= 0.3 is 6.18 Å². The van der Waals surface area contributed by atoms with Gasteiger partial charge in [0.1, 0.15) is 33.7 Å². The number of sulfonamides is 1. The molecule has 0 radical (unpaired) electrons. The maximum atomic E-state index is 14.0. The fourth-order valence-corrected chi connectivity index (χ4v) is 6.59. The molecule has 5 aromatic rings. The number of carbonyl (C=O) groups is 1. The minimum atomic E-state index is -4.40. The lowest BCUT2D eigenvalue weighted by molar-refractivity contribution is -0.153. The second-order valence-corrected chi connectivity index (χ2v) is 13.2. The normalized spacial score (nSPS) is 14.2. The molecule has 0 aliphatic carbocycles. The van der Waals surface area contributed by atoms with Gasteiger partial charge in [-0.1, -0.05) is 12.1 Å². The molecule has 1 saturated heterocycles. The Labute approximate surface area is 283 Å². The summed E-state index contributed by atoms with van der Waals surface area (Å²) in [5.41, 5.74) is 2.19. The summed E-state index contributed by atoms with van der Waals surface area (Å²) in [5, 5.41) is 0.815. The van der Waals surface area contributed by atoms with Crippen LogP contribution in [0.4, 0.5) is 27.6 Å². The number of halogens is 5. The van der Waals surface area contributed by atoms with E-state index < -0.39 is 39.3 Å². The number of amides is 1. The molecule has 0 saturated carbocycles. The van der Waals surface area contributed by atoms with E-state index in [1.807, 2.05) is 0 Å². The highest BCUT2D eigenvalue weighted by Crippen LogP contribution is 2.29. The number of anilines is 1. The summed E-state index contributed by atoms with van der Waals surface area (Å²) in [6.07, 6.45) is -3.21. The molecule has 1 N–H and O–H groups in total. The van der Waals surface area contributed by atoms with Crippen LogP contribution in [-0.4, -0.2) is 72.6 Å². The third kappa shape index (κ3) is 8.14. The summed E-state index contributed by atoms with van der Waals surface area (Å²) in [5.74, 6) is -1.55. The standard InChI is InChI=1S/C34H30F5N5O5S/c1-42-29-18-27(49-32-11-6-25(19-40-32)41-50(46,47)31-10-5-24(35)17-28(31)36)9-4-23(29)16-30(42)33(45)44-14-12-43(13-15-44)20-22-2-7-26(8-3-22)48-21-34(37,38)39/h2-11,16-19,41H,12-15,20-21H2,1H3. The Kier molecular flexibility index (Phi) is 9.67. The molecule has 1 amide bonds. The number of piperazine rings is 1. The third-order valence-corrected chi connectivity index (χ3v) is 9.44. The molecule has 0 spiro atoms. The first kappa shape index (κ1) is 34.6. The zero-order valence-corrected chi connectivity index (χ0v) is 27.3. The number of alkyl halides is 3. The average Bonchev–Trinajstić information content (AvgIpc) is 3.40. The van der Waals surface area contributed by atoms with Crippen molar-refractivity contribution in [2.45, 2.75) is 17.6 Å². The van der Waals surface area contributed by atoms with E-state index in [1.165, 1.54) is 30.5 Å². The maximum absolute atomic E-state index is 14.0. The number of ether oxygens (including phenoxy) is 2. The van der Waals surface area contributed by atoms with Crippen molar-refractivity contribution in [1.29, 1.82) is 0 Å². The summed E-state index contributed by atoms with van der Waals surface area (Å²) in [6, 6.07) is 18.5. The van der Waals surface area contributed by atoms with Crippen molar-refractivity contribution in [3.63, 3.8) is 0 Å². The van der Waals surface area contributed by atoms with Gasteiger partial charge in [0.25, 0.3) is 15.9 Å². The van der Waals surface area contributed by atoms with Crippen LogP contribution in [-0.2, 0) is 23.6 Å². The van der Waals surface area contributed by atoms with Crippen LogP contribution in [0.5, 0.6) is 17.4 Å². The molecule has 0 unspecified atom stereocenters. The van der Waals surface area contributed by atoms with Crippen LogP contribution in [0.2, 0.25) is 0 Å². The summed E-state index contributed by atoms with van der Waals surface area (Å²) >= 11 is 0. The first-order chi connectivity index (χ1) is 23.7.